The number of fused-ring (bicyclic) bond motifs is 14. The molecule has 0 N–H and O–H groups in total. The number of hydrogen-bond acceptors (Lipinski definition) is 2. The lowest BCUT2D eigenvalue weighted by molar-refractivity contribution is 0.717. The van der Waals surface area contributed by atoms with Crippen molar-refractivity contribution in [3.63, 3.8) is 0 Å². The van der Waals surface area contributed by atoms with E-state index < -0.39 is 0 Å². The van der Waals surface area contributed by atoms with E-state index in [1.54, 1.807) is 0 Å². The number of benzene rings is 4. The average Bonchev–Trinajstić information content (AvgIpc) is 3.67. The summed E-state index contributed by atoms with van der Waals surface area (Å²) in [7, 11) is 0. The van der Waals surface area contributed by atoms with E-state index in [2.05, 4.69) is 119 Å². The Balaban J connectivity index is 1.34. The van der Waals surface area contributed by atoms with Crippen LogP contribution in [0.2, 0.25) is 0 Å². The fourth-order valence-electron chi connectivity index (χ4n) is 8.19. The number of rotatable bonds is 0. The highest BCUT2D eigenvalue weighted by atomic mass is 15.2. The van der Waals surface area contributed by atoms with Gasteiger partial charge in [0, 0.05) is 40.9 Å². The maximum absolute atomic E-state index is 2.67. The SMILES string of the molecule is C1=CC2=C(C1)N1c3cccc4c3-c3c(cccc3C3c5ccccc5C5=C(CC=C5)N43)C1c1ccccc12. The number of nitrogens with zero attached hydrogens (tertiary/aromatic N) is 2. The van der Waals surface area contributed by atoms with Gasteiger partial charge in [-0.1, -0.05) is 97.1 Å². The predicted molar refractivity (Wildman–Crippen MR) is 155 cm³/mol. The molecule has 4 aromatic carbocycles. The standard InChI is InChI=1S/C36H24N2/c1-3-11-25-21(9-1)23-13-6-17-29(23)37-31-19-8-20-32-34(31)33-27(35(25)37)15-5-16-28(33)36-26-12-4-2-10-22(26)24-14-7-18-30(24)38(32)36/h1-16,19-20,35-36H,17-18H2. The molecule has 0 saturated carbocycles. The summed E-state index contributed by atoms with van der Waals surface area (Å²) >= 11 is 0. The summed E-state index contributed by atoms with van der Waals surface area (Å²) in [4.78, 5) is 5.34. The van der Waals surface area contributed by atoms with Gasteiger partial charge in [0.2, 0.25) is 0 Å². The molecule has 2 atom stereocenters. The van der Waals surface area contributed by atoms with Crippen LogP contribution in [0.3, 0.4) is 0 Å². The third kappa shape index (κ3) is 2.11. The van der Waals surface area contributed by atoms with Gasteiger partial charge in [-0.2, -0.15) is 0 Å². The highest BCUT2D eigenvalue weighted by molar-refractivity contribution is 6.04. The molecule has 0 amide bonds. The Bertz CT molecular complexity index is 1770. The van der Waals surface area contributed by atoms with E-state index in [0.717, 1.165) is 12.8 Å². The maximum atomic E-state index is 2.67. The van der Waals surface area contributed by atoms with Crippen molar-refractivity contribution in [2.75, 3.05) is 9.80 Å². The molecule has 0 saturated heterocycles. The van der Waals surface area contributed by atoms with Crippen LogP contribution in [-0.4, -0.2) is 0 Å². The molecular formula is C36H24N2. The smallest absolute Gasteiger partial charge is 0.0854 e. The summed E-state index contributed by atoms with van der Waals surface area (Å²) in [5, 5.41) is 0. The molecule has 0 bridgehead atoms. The second kappa shape index (κ2) is 6.65. The molecule has 4 heterocycles. The highest BCUT2D eigenvalue weighted by Gasteiger charge is 2.47. The largest absolute Gasteiger partial charge is 0.332 e. The third-order valence-corrected chi connectivity index (χ3v) is 9.51. The zero-order valence-electron chi connectivity index (χ0n) is 20.9. The Kier molecular flexibility index (Phi) is 3.42. The minimum absolute atomic E-state index is 0.191. The van der Waals surface area contributed by atoms with Crippen LogP contribution in [0.5, 0.6) is 0 Å². The summed E-state index contributed by atoms with van der Waals surface area (Å²) in [5.41, 5.74) is 19.7. The molecule has 178 valence electrons. The van der Waals surface area contributed by atoms with Crippen LogP contribution in [0.4, 0.5) is 11.4 Å². The normalized spacial score (nSPS) is 22.0. The van der Waals surface area contributed by atoms with Crippen molar-refractivity contribution in [1.29, 1.82) is 0 Å². The molecule has 10 rings (SSSR count). The zero-order valence-corrected chi connectivity index (χ0v) is 20.9. The van der Waals surface area contributed by atoms with Gasteiger partial charge in [0.25, 0.3) is 0 Å². The van der Waals surface area contributed by atoms with Crippen molar-refractivity contribution < 1.29 is 0 Å². The minimum Gasteiger partial charge on any atom is -0.332 e. The van der Waals surface area contributed by atoms with Crippen molar-refractivity contribution >= 4 is 22.5 Å². The number of anilines is 2. The fourth-order valence-corrected chi connectivity index (χ4v) is 8.19. The van der Waals surface area contributed by atoms with Crippen LogP contribution < -0.4 is 9.80 Å². The van der Waals surface area contributed by atoms with Crippen LogP contribution in [0.25, 0.3) is 22.3 Å². The minimum atomic E-state index is 0.191. The molecule has 4 aliphatic heterocycles. The van der Waals surface area contributed by atoms with Gasteiger partial charge in [0.05, 0.1) is 23.5 Å². The molecule has 0 radical (unpaired) electrons. The molecule has 0 fully saturated rings. The van der Waals surface area contributed by atoms with Crippen molar-refractivity contribution in [2.24, 2.45) is 0 Å². The Morgan fingerprint density at radius 2 is 0.947 bits per heavy atom. The van der Waals surface area contributed by atoms with Crippen LogP contribution in [-0.2, 0) is 0 Å². The quantitative estimate of drug-likeness (QED) is 0.247. The van der Waals surface area contributed by atoms with E-state index in [9.17, 15) is 0 Å². The van der Waals surface area contributed by atoms with E-state index in [4.69, 9.17) is 0 Å². The van der Waals surface area contributed by atoms with Crippen LogP contribution in [0, 0.1) is 0 Å². The van der Waals surface area contributed by atoms with Crippen LogP contribution in [0.1, 0.15) is 58.3 Å². The molecule has 2 nitrogen and oxygen atoms in total. The molecule has 2 heteroatoms. The maximum Gasteiger partial charge on any atom is 0.0854 e. The summed E-state index contributed by atoms with van der Waals surface area (Å²) in [6.07, 6.45) is 11.3. The molecule has 38 heavy (non-hydrogen) atoms. The molecular weight excluding hydrogens is 460 g/mol. The lowest BCUT2D eigenvalue weighted by atomic mass is 9.72. The van der Waals surface area contributed by atoms with Crippen molar-refractivity contribution in [3.8, 4) is 11.1 Å². The molecule has 4 aromatic rings. The van der Waals surface area contributed by atoms with E-state index >= 15 is 0 Å². The zero-order chi connectivity index (χ0) is 24.5. The van der Waals surface area contributed by atoms with Gasteiger partial charge >= 0.3 is 0 Å². The second-order valence-corrected chi connectivity index (χ2v) is 11.1. The Morgan fingerprint density at radius 1 is 0.474 bits per heavy atom. The monoisotopic (exact) mass is 484 g/mol. The first-order valence-corrected chi connectivity index (χ1v) is 13.7. The third-order valence-electron chi connectivity index (χ3n) is 9.51. The number of allylic oxidation sites excluding steroid dienone is 6. The number of hydrogen-bond donors (Lipinski definition) is 0. The molecule has 2 unspecified atom stereocenters. The van der Waals surface area contributed by atoms with Gasteiger partial charge in [-0.05, 0) is 51.1 Å². The highest BCUT2D eigenvalue weighted by Crippen LogP contribution is 2.63. The van der Waals surface area contributed by atoms with Gasteiger partial charge in [-0.15, -0.1) is 0 Å². The first-order chi connectivity index (χ1) is 18.9. The van der Waals surface area contributed by atoms with Crippen LogP contribution >= 0.6 is 0 Å². The molecule has 0 aromatic heterocycles. The first kappa shape index (κ1) is 19.5. The van der Waals surface area contributed by atoms with Gasteiger partial charge in [-0.3, -0.25) is 0 Å². The van der Waals surface area contributed by atoms with Gasteiger partial charge in [0.15, 0.2) is 0 Å². The van der Waals surface area contributed by atoms with E-state index in [1.165, 1.54) is 78.4 Å². The molecule has 2 aliphatic carbocycles. The summed E-state index contributed by atoms with van der Waals surface area (Å²) in [5.74, 6) is 0. The Hall–Kier alpha value is -4.56. The average molecular weight is 485 g/mol. The first-order valence-electron chi connectivity index (χ1n) is 13.7. The van der Waals surface area contributed by atoms with Crippen molar-refractivity contribution in [2.45, 2.75) is 24.9 Å². The van der Waals surface area contributed by atoms with Crippen molar-refractivity contribution in [1.82, 2.24) is 0 Å². The van der Waals surface area contributed by atoms with Crippen molar-refractivity contribution in [3.05, 3.63) is 154 Å². The van der Waals surface area contributed by atoms with Crippen LogP contribution in [0.15, 0.2) is 121 Å². The van der Waals surface area contributed by atoms with E-state index in [1.807, 2.05) is 0 Å². The Labute approximate surface area is 222 Å². The lowest BCUT2D eigenvalue weighted by Crippen LogP contribution is -2.40. The van der Waals surface area contributed by atoms with Gasteiger partial charge < -0.3 is 9.80 Å². The Morgan fingerprint density at radius 3 is 1.50 bits per heavy atom. The van der Waals surface area contributed by atoms with Gasteiger partial charge in [-0.25, -0.2) is 0 Å². The predicted octanol–water partition coefficient (Wildman–Crippen LogP) is 8.54. The van der Waals surface area contributed by atoms with E-state index in [0.29, 0.717) is 0 Å². The summed E-state index contributed by atoms with van der Waals surface area (Å²) < 4.78 is 0. The topological polar surface area (TPSA) is 6.48 Å². The van der Waals surface area contributed by atoms with Gasteiger partial charge in [0.1, 0.15) is 0 Å². The van der Waals surface area contributed by atoms with E-state index in [-0.39, 0.29) is 12.1 Å². The molecule has 0 spiro atoms. The molecule has 6 aliphatic rings. The fraction of sp³-hybridized carbons (Fsp3) is 0.111. The summed E-state index contributed by atoms with van der Waals surface area (Å²) in [6, 6.07) is 32.6. The summed E-state index contributed by atoms with van der Waals surface area (Å²) in [6.45, 7) is 0. The lowest BCUT2D eigenvalue weighted by Gasteiger charge is -2.51. The second-order valence-electron chi connectivity index (χ2n) is 11.1.